The van der Waals surface area contributed by atoms with Gasteiger partial charge in [0.2, 0.25) is 5.91 Å². The van der Waals surface area contributed by atoms with Crippen LogP contribution in [0.5, 0.6) is 5.75 Å². The molecule has 2 aromatic carbocycles. The number of anilines is 1. The average molecular weight is 370 g/mol. The van der Waals surface area contributed by atoms with Gasteiger partial charge in [0.25, 0.3) is 5.91 Å². The first-order chi connectivity index (χ1) is 12.9. The van der Waals surface area contributed by atoms with E-state index in [-0.39, 0.29) is 11.8 Å². The Balaban J connectivity index is 2.02. The molecule has 0 saturated heterocycles. The van der Waals surface area contributed by atoms with Crippen molar-refractivity contribution in [3.8, 4) is 5.75 Å². The average Bonchev–Trinajstić information content (AvgIpc) is 2.67. The normalized spacial score (nSPS) is 11.3. The molecule has 0 aliphatic rings. The lowest BCUT2D eigenvalue weighted by Crippen LogP contribution is -2.29. The molecule has 0 radical (unpaired) electrons. The highest BCUT2D eigenvalue weighted by molar-refractivity contribution is 5.98. The van der Waals surface area contributed by atoms with Crippen LogP contribution in [-0.4, -0.2) is 36.5 Å². The van der Waals surface area contributed by atoms with E-state index in [4.69, 9.17) is 9.84 Å². The molecule has 0 fully saturated rings. The van der Waals surface area contributed by atoms with Crippen LogP contribution < -0.4 is 15.4 Å². The molecule has 7 heteroatoms. The van der Waals surface area contributed by atoms with Crippen molar-refractivity contribution >= 4 is 23.5 Å². The number of amides is 2. The van der Waals surface area contributed by atoms with Gasteiger partial charge in [-0.2, -0.15) is 0 Å². The van der Waals surface area contributed by atoms with Gasteiger partial charge in [-0.3, -0.25) is 14.4 Å². The van der Waals surface area contributed by atoms with Gasteiger partial charge in [0, 0.05) is 11.3 Å². The highest BCUT2D eigenvalue weighted by Gasteiger charge is 2.19. The Labute approximate surface area is 157 Å². The molecule has 2 rings (SSSR count). The van der Waals surface area contributed by atoms with Crippen LogP contribution >= 0.6 is 0 Å². The predicted molar refractivity (Wildman–Crippen MR) is 101 cm³/mol. The Kier molecular flexibility index (Phi) is 6.93. The number of nitrogens with one attached hydrogen (secondary N) is 2. The molecule has 0 heterocycles. The van der Waals surface area contributed by atoms with Crippen molar-refractivity contribution < 1.29 is 24.2 Å². The molecule has 0 aliphatic carbocycles. The maximum atomic E-state index is 12.6. The standard InChI is InChI=1S/C20H22N2O5/c1-3-17(13-6-10-16(27-2)11-7-13)20(26)22-15-8-4-14(5-9-15)19(25)21-12-18(23)24/h4-11,17H,3,12H2,1-2H3,(H,21,25)(H,22,26)(H,23,24). The summed E-state index contributed by atoms with van der Waals surface area (Å²) in [6.45, 7) is 1.49. The summed E-state index contributed by atoms with van der Waals surface area (Å²) in [5.41, 5.74) is 1.76. The number of benzene rings is 2. The minimum absolute atomic E-state index is 0.147. The maximum Gasteiger partial charge on any atom is 0.322 e. The Morgan fingerprint density at radius 3 is 2.19 bits per heavy atom. The van der Waals surface area contributed by atoms with Crippen molar-refractivity contribution in [2.75, 3.05) is 19.0 Å². The fraction of sp³-hybridized carbons (Fsp3) is 0.250. The van der Waals surface area contributed by atoms with Crippen molar-refractivity contribution in [1.82, 2.24) is 5.32 Å². The number of methoxy groups -OCH3 is 1. The minimum atomic E-state index is -1.11. The summed E-state index contributed by atoms with van der Waals surface area (Å²) < 4.78 is 5.13. The van der Waals surface area contributed by atoms with Gasteiger partial charge in [0.15, 0.2) is 0 Å². The van der Waals surface area contributed by atoms with E-state index in [1.54, 1.807) is 19.2 Å². The second kappa shape index (κ2) is 9.38. The van der Waals surface area contributed by atoms with Gasteiger partial charge in [0.1, 0.15) is 12.3 Å². The second-order valence-electron chi connectivity index (χ2n) is 5.88. The van der Waals surface area contributed by atoms with Crippen LogP contribution in [0.3, 0.4) is 0 Å². The van der Waals surface area contributed by atoms with Crippen LogP contribution in [0.4, 0.5) is 5.69 Å². The Morgan fingerprint density at radius 2 is 1.67 bits per heavy atom. The van der Waals surface area contributed by atoms with Crippen molar-refractivity contribution in [2.45, 2.75) is 19.3 Å². The van der Waals surface area contributed by atoms with Gasteiger partial charge in [-0.25, -0.2) is 0 Å². The highest BCUT2D eigenvalue weighted by atomic mass is 16.5. The number of carboxylic acid groups (broad SMARTS) is 1. The lowest BCUT2D eigenvalue weighted by atomic mass is 9.95. The van der Waals surface area contributed by atoms with Crippen LogP contribution in [0.1, 0.15) is 35.2 Å². The fourth-order valence-electron chi connectivity index (χ4n) is 2.60. The number of carbonyl (C=O) groups excluding carboxylic acids is 2. The third-order valence-electron chi connectivity index (χ3n) is 4.06. The van der Waals surface area contributed by atoms with Gasteiger partial charge in [-0.1, -0.05) is 19.1 Å². The van der Waals surface area contributed by atoms with Gasteiger partial charge in [-0.15, -0.1) is 0 Å². The number of carboxylic acids is 1. The topological polar surface area (TPSA) is 105 Å². The zero-order valence-corrected chi connectivity index (χ0v) is 15.2. The molecule has 0 saturated carbocycles. The summed E-state index contributed by atoms with van der Waals surface area (Å²) >= 11 is 0. The SMILES string of the molecule is CCC(C(=O)Nc1ccc(C(=O)NCC(=O)O)cc1)c1ccc(OC)cc1. The molecule has 0 aliphatic heterocycles. The summed E-state index contributed by atoms with van der Waals surface area (Å²) in [5, 5.41) is 13.7. The number of hydrogen-bond donors (Lipinski definition) is 3. The van der Waals surface area contributed by atoms with Crippen LogP contribution in [0.2, 0.25) is 0 Å². The fourth-order valence-corrected chi connectivity index (χ4v) is 2.60. The van der Waals surface area contributed by atoms with Crippen LogP contribution in [-0.2, 0) is 9.59 Å². The van der Waals surface area contributed by atoms with E-state index in [9.17, 15) is 14.4 Å². The number of hydrogen-bond acceptors (Lipinski definition) is 4. The summed E-state index contributed by atoms with van der Waals surface area (Å²) in [7, 11) is 1.59. The quantitative estimate of drug-likeness (QED) is 0.663. The summed E-state index contributed by atoms with van der Waals surface area (Å²) in [4.78, 5) is 34.9. The van der Waals surface area contributed by atoms with Crippen LogP contribution in [0.15, 0.2) is 48.5 Å². The molecule has 3 N–H and O–H groups in total. The largest absolute Gasteiger partial charge is 0.497 e. The monoisotopic (exact) mass is 370 g/mol. The number of aliphatic carboxylic acids is 1. The summed E-state index contributed by atoms with van der Waals surface area (Å²) in [6, 6.07) is 13.6. The Morgan fingerprint density at radius 1 is 1.04 bits per heavy atom. The first-order valence-corrected chi connectivity index (χ1v) is 8.49. The van der Waals surface area contributed by atoms with Gasteiger partial charge < -0.3 is 20.5 Å². The number of ether oxygens (including phenoxy) is 1. The molecule has 2 amide bonds. The third-order valence-corrected chi connectivity index (χ3v) is 4.06. The lowest BCUT2D eigenvalue weighted by Gasteiger charge is -2.16. The lowest BCUT2D eigenvalue weighted by molar-refractivity contribution is -0.135. The van der Waals surface area contributed by atoms with Crippen molar-refractivity contribution in [3.63, 3.8) is 0 Å². The van der Waals surface area contributed by atoms with E-state index in [0.717, 1.165) is 11.3 Å². The first-order valence-electron chi connectivity index (χ1n) is 8.49. The molecule has 27 heavy (non-hydrogen) atoms. The predicted octanol–water partition coefficient (Wildman–Crippen LogP) is 2.64. The summed E-state index contributed by atoms with van der Waals surface area (Å²) in [6.07, 6.45) is 0.633. The van der Waals surface area contributed by atoms with E-state index >= 15 is 0 Å². The smallest absolute Gasteiger partial charge is 0.322 e. The molecule has 7 nitrogen and oxygen atoms in total. The van der Waals surface area contributed by atoms with Crippen LogP contribution in [0, 0.1) is 0 Å². The van der Waals surface area contributed by atoms with E-state index in [1.165, 1.54) is 12.1 Å². The number of carbonyl (C=O) groups is 3. The van der Waals surface area contributed by atoms with Crippen molar-refractivity contribution in [3.05, 3.63) is 59.7 Å². The molecular weight excluding hydrogens is 348 g/mol. The third kappa shape index (κ3) is 5.57. The zero-order valence-electron chi connectivity index (χ0n) is 15.2. The molecule has 2 aromatic rings. The molecule has 1 atom stereocenters. The van der Waals surface area contributed by atoms with Crippen molar-refractivity contribution in [2.24, 2.45) is 0 Å². The van der Waals surface area contributed by atoms with Gasteiger partial charge in [-0.05, 0) is 48.4 Å². The Bertz CT molecular complexity index is 800. The molecule has 0 bridgehead atoms. The molecular formula is C20H22N2O5. The molecule has 0 aromatic heterocycles. The van der Waals surface area contributed by atoms with Gasteiger partial charge >= 0.3 is 5.97 Å². The van der Waals surface area contributed by atoms with E-state index in [2.05, 4.69) is 10.6 Å². The van der Waals surface area contributed by atoms with Crippen molar-refractivity contribution in [1.29, 1.82) is 0 Å². The van der Waals surface area contributed by atoms with E-state index in [0.29, 0.717) is 17.7 Å². The Hall–Kier alpha value is -3.35. The molecule has 142 valence electrons. The van der Waals surface area contributed by atoms with E-state index < -0.39 is 18.4 Å². The first kappa shape index (κ1) is 20.0. The number of rotatable bonds is 8. The highest BCUT2D eigenvalue weighted by Crippen LogP contribution is 2.24. The maximum absolute atomic E-state index is 12.6. The van der Waals surface area contributed by atoms with Gasteiger partial charge in [0.05, 0.1) is 13.0 Å². The molecule has 1 unspecified atom stereocenters. The minimum Gasteiger partial charge on any atom is -0.497 e. The molecule has 0 spiro atoms. The second-order valence-corrected chi connectivity index (χ2v) is 5.88. The van der Waals surface area contributed by atoms with Crippen LogP contribution in [0.25, 0.3) is 0 Å². The van der Waals surface area contributed by atoms with E-state index in [1.807, 2.05) is 31.2 Å². The summed E-state index contributed by atoms with van der Waals surface area (Å²) in [5.74, 6) is -1.33. The zero-order chi connectivity index (χ0) is 19.8.